The molecule has 0 fully saturated rings. The van der Waals surface area contributed by atoms with Crippen molar-refractivity contribution in [2.75, 3.05) is 17.1 Å². The van der Waals surface area contributed by atoms with Gasteiger partial charge in [-0.25, -0.2) is 8.42 Å². The standard InChI is InChI=1S/C20H20N2O5S2/c1-27-19-5-3-2-4-16(19)22-29(25,26)15-7-8-18(23)17(12-15)21-20(24)9-6-14-10-11-28-13-14/h2-5,7-8,10-13,22-23H,6,9H2,1H3,(H,21,24). The fourth-order valence-corrected chi connectivity index (χ4v) is 4.42. The number of aryl methyl sites for hydroxylation is 1. The van der Waals surface area contributed by atoms with Crippen molar-refractivity contribution in [2.24, 2.45) is 0 Å². The molecular weight excluding hydrogens is 412 g/mol. The first-order chi connectivity index (χ1) is 13.9. The summed E-state index contributed by atoms with van der Waals surface area (Å²) in [6, 6.07) is 12.2. The molecule has 2 aromatic carbocycles. The van der Waals surface area contributed by atoms with Crippen LogP contribution in [0.1, 0.15) is 12.0 Å². The molecule has 1 heterocycles. The number of ether oxygens (including phenoxy) is 1. The molecule has 1 aromatic heterocycles. The number of carbonyl (C=O) groups is 1. The Bertz CT molecular complexity index is 1100. The molecule has 152 valence electrons. The molecule has 0 atom stereocenters. The van der Waals surface area contributed by atoms with Gasteiger partial charge in [-0.15, -0.1) is 0 Å². The maximum atomic E-state index is 12.7. The van der Waals surface area contributed by atoms with Crippen LogP contribution in [0.15, 0.2) is 64.2 Å². The van der Waals surface area contributed by atoms with Gasteiger partial charge in [0.2, 0.25) is 5.91 Å². The van der Waals surface area contributed by atoms with Crippen molar-refractivity contribution in [2.45, 2.75) is 17.7 Å². The van der Waals surface area contributed by atoms with Gasteiger partial charge in [-0.3, -0.25) is 9.52 Å². The van der Waals surface area contributed by atoms with Crippen LogP contribution in [0.4, 0.5) is 11.4 Å². The maximum Gasteiger partial charge on any atom is 0.262 e. The Hall–Kier alpha value is -3.04. The largest absolute Gasteiger partial charge is 0.506 e. The lowest BCUT2D eigenvalue weighted by Crippen LogP contribution is -2.15. The van der Waals surface area contributed by atoms with Crippen LogP contribution in [-0.2, 0) is 21.2 Å². The molecule has 0 aliphatic rings. The van der Waals surface area contributed by atoms with E-state index in [1.807, 2.05) is 16.8 Å². The summed E-state index contributed by atoms with van der Waals surface area (Å²) in [5, 5.41) is 16.5. The van der Waals surface area contributed by atoms with Gasteiger partial charge in [0.25, 0.3) is 10.0 Å². The molecule has 29 heavy (non-hydrogen) atoms. The number of methoxy groups -OCH3 is 1. The summed E-state index contributed by atoms with van der Waals surface area (Å²) in [4.78, 5) is 12.1. The van der Waals surface area contributed by atoms with Crippen LogP contribution in [-0.4, -0.2) is 26.5 Å². The van der Waals surface area contributed by atoms with E-state index in [2.05, 4.69) is 10.0 Å². The topological polar surface area (TPSA) is 105 Å². The highest BCUT2D eigenvalue weighted by Gasteiger charge is 2.19. The van der Waals surface area contributed by atoms with Crippen LogP contribution < -0.4 is 14.8 Å². The number of hydrogen-bond donors (Lipinski definition) is 3. The Labute approximate surface area is 173 Å². The minimum absolute atomic E-state index is 0.0308. The zero-order valence-electron chi connectivity index (χ0n) is 15.6. The number of hydrogen-bond acceptors (Lipinski definition) is 6. The van der Waals surface area contributed by atoms with Gasteiger partial charge < -0.3 is 15.2 Å². The zero-order chi connectivity index (χ0) is 20.9. The quantitative estimate of drug-likeness (QED) is 0.469. The van der Waals surface area contributed by atoms with Crippen LogP contribution in [0.5, 0.6) is 11.5 Å². The summed E-state index contributed by atoms with van der Waals surface area (Å²) < 4.78 is 33.1. The molecule has 0 unspecified atom stereocenters. The van der Waals surface area contributed by atoms with Gasteiger partial charge in [-0.2, -0.15) is 11.3 Å². The Kier molecular flexibility index (Phi) is 6.40. The van der Waals surface area contributed by atoms with Gasteiger partial charge in [0, 0.05) is 6.42 Å². The first-order valence-electron chi connectivity index (χ1n) is 8.69. The van der Waals surface area contributed by atoms with Crippen molar-refractivity contribution in [3.63, 3.8) is 0 Å². The number of para-hydroxylation sites is 2. The molecule has 3 rings (SSSR count). The third kappa shape index (κ3) is 5.27. The Morgan fingerprint density at radius 3 is 2.66 bits per heavy atom. The van der Waals surface area contributed by atoms with E-state index in [1.54, 1.807) is 35.6 Å². The van der Waals surface area contributed by atoms with Crippen molar-refractivity contribution < 1.29 is 23.1 Å². The third-order valence-corrected chi connectivity index (χ3v) is 6.22. The fourth-order valence-electron chi connectivity index (χ4n) is 2.62. The Morgan fingerprint density at radius 2 is 1.93 bits per heavy atom. The van der Waals surface area contributed by atoms with E-state index in [1.165, 1.54) is 25.3 Å². The number of anilines is 2. The average molecular weight is 433 g/mol. The van der Waals surface area contributed by atoms with Crippen LogP contribution in [0, 0.1) is 0 Å². The second kappa shape index (κ2) is 8.97. The zero-order valence-corrected chi connectivity index (χ0v) is 17.2. The van der Waals surface area contributed by atoms with E-state index in [-0.39, 0.29) is 34.3 Å². The van der Waals surface area contributed by atoms with Crippen molar-refractivity contribution in [1.29, 1.82) is 0 Å². The van der Waals surface area contributed by atoms with E-state index in [9.17, 15) is 18.3 Å². The molecule has 3 aromatic rings. The number of rotatable bonds is 8. The van der Waals surface area contributed by atoms with Gasteiger partial charge in [-0.05, 0) is 59.1 Å². The summed E-state index contributed by atoms with van der Waals surface area (Å²) in [5.74, 6) is -0.166. The minimum Gasteiger partial charge on any atom is -0.506 e. The van der Waals surface area contributed by atoms with Crippen LogP contribution in [0.3, 0.4) is 0 Å². The molecule has 0 aliphatic carbocycles. The van der Waals surface area contributed by atoms with E-state index in [4.69, 9.17) is 4.74 Å². The summed E-state index contributed by atoms with van der Waals surface area (Å²) in [5.41, 5.74) is 1.36. The smallest absolute Gasteiger partial charge is 0.262 e. The number of phenols is 1. The molecule has 0 aliphatic heterocycles. The summed E-state index contributed by atoms with van der Waals surface area (Å²) in [7, 11) is -2.52. The number of amides is 1. The SMILES string of the molecule is COc1ccccc1NS(=O)(=O)c1ccc(O)c(NC(=O)CCc2ccsc2)c1. The number of nitrogens with one attached hydrogen (secondary N) is 2. The molecule has 0 radical (unpaired) electrons. The molecular formula is C20H20N2O5S2. The van der Waals surface area contributed by atoms with Crippen molar-refractivity contribution in [3.8, 4) is 11.5 Å². The first kappa shape index (κ1) is 20.7. The van der Waals surface area contributed by atoms with Crippen molar-refractivity contribution >= 4 is 38.6 Å². The molecule has 3 N–H and O–H groups in total. The second-order valence-electron chi connectivity index (χ2n) is 6.16. The van der Waals surface area contributed by atoms with Crippen LogP contribution in [0.25, 0.3) is 0 Å². The summed E-state index contributed by atoms with van der Waals surface area (Å²) in [6.45, 7) is 0. The van der Waals surface area contributed by atoms with Gasteiger partial charge in [0.05, 0.1) is 23.4 Å². The van der Waals surface area contributed by atoms with Gasteiger partial charge in [-0.1, -0.05) is 12.1 Å². The van der Waals surface area contributed by atoms with E-state index in [0.29, 0.717) is 12.2 Å². The highest BCUT2D eigenvalue weighted by molar-refractivity contribution is 7.92. The Balaban J connectivity index is 1.75. The van der Waals surface area contributed by atoms with E-state index < -0.39 is 10.0 Å². The van der Waals surface area contributed by atoms with E-state index >= 15 is 0 Å². The van der Waals surface area contributed by atoms with Crippen LogP contribution >= 0.6 is 11.3 Å². The molecule has 0 saturated heterocycles. The lowest BCUT2D eigenvalue weighted by Gasteiger charge is -2.13. The summed E-state index contributed by atoms with van der Waals surface area (Å²) in [6.07, 6.45) is 0.774. The number of thiophene rings is 1. The number of benzene rings is 2. The molecule has 0 spiro atoms. The lowest BCUT2D eigenvalue weighted by atomic mass is 10.2. The molecule has 0 bridgehead atoms. The van der Waals surface area contributed by atoms with E-state index in [0.717, 1.165) is 5.56 Å². The Morgan fingerprint density at radius 1 is 1.14 bits per heavy atom. The number of aromatic hydroxyl groups is 1. The monoisotopic (exact) mass is 432 g/mol. The van der Waals surface area contributed by atoms with Gasteiger partial charge in [0.1, 0.15) is 11.5 Å². The molecule has 7 nitrogen and oxygen atoms in total. The number of carbonyl (C=O) groups excluding carboxylic acids is 1. The van der Waals surface area contributed by atoms with Gasteiger partial charge >= 0.3 is 0 Å². The molecule has 0 saturated carbocycles. The first-order valence-corrected chi connectivity index (χ1v) is 11.1. The van der Waals surface area contributed by atoms with Crippen LogP contribution in [0.2, 0.25) is 0 Å². The lowest BCUT2D eigenvalue weighted by molar-refractivity contribution is -0.116. The number of phenolic OH excluding ortho intramolecular Hbond substituents is 1. The number of sulfonamides is 1. The van der Waals surface area contributed by atoms with Gasteiger partial charge in [0.15, 0.2) is 0 Å². The third-order valence-electron chi connectivity index (χ3n) is 4.12. The molecule has 9 heteroatoms. The second-order valence-corrected chi connectivity index (χ2v) is 8.63. The predicted octanol–water partition coefficient (Wildman–Crippen LogP) is 3.83. The summed E-state index contributed by atoms with van der Waals surface area (Å²) >= 11 is 1.55. The normalized spacial score (nSPS) is 11.1. The average Bonchev–Trinajstić information content (AvgIpc) is 3.22. The maximum absolute atomic E-state index is 12.7. The highest BCUT2D eigenvalue weighted by Crippen LogP contribution is 2.30. The van der Waals surface area contributed by atoms with Crippen molar-refractivity contribution in [3.05, 3.63) is 64.9 Å². The highest BCUT2D eigenvalue weighted by atomic mass is 32.2. The predicted molar refractivity (Wildman–Crippen MR) is 113 cm³/mol. The minimum atomic E-state index is -3.96. The fraction of sp³-hybridized carbons (Fsp3) is 0.150. The van der Waals surface area contributed by atoms with Crippen molar-refractivity contribution in [1.82, 2.24) is 0 Å². The molecule has 1 amide bonds.